The smallest absolute Gasteiger partial charge is 0.333 e. The first-order valence-electron chi connectivity index (χ1n) is 8.31. The van der Waals surface area contributed by atoms with Crippen molar-refractivity contribution in [3.63, 3.8) is 0 Å². The van der Waals surface area contributed by atoms with Crippen LogP contribution in [0.25, 0.3) is 10.8 Å². The maximum Gasteiger partial charge on any atom is 0.333 e. The molecule has 134 valence electrons. The van der Waals surface area contributed by atoms with E-state index in [0.717, 1.165) is 22.3 Å². The summed E-state index contributed by atoms with van der Waals surface area (Å²) in [5.41, 5.74) is 0.380. The molecule has 0 N–H and O–H groups in total. The van der Waals surface area contributed by atoms with Crippen LogP contribution in [0.4, 0.5) is 0 Å². The number of carbonyl (C=O) groups excluding carboxylic acids is 1. The molecular formula is C20H24O5. The quantitative estimate of drug-likeness (QED) is 0.373. The third kappa shape index (κ3) is 5.50. The Labute approximate surface area is 148 Å². The van der Waals surface area contributed by atoms with Crippen molar-refractivity contribution in [2.75, 3.05) is 33.0 Å². The second-order valence-electron chi connectivity index (χ2n) is 5.42. The van der Waals surface area contributed by atoms with Gasteiger partial charge in [-0.3, -0.25) is 0 Å². The van der Waals surface area contributed by atoms with E-state index in [2.05, 4.69) is 6.58 Å². The Balaban J connectivity index is 1.81. The van der Waals surface area contributed by atoms with Crippen LogP contribution in [0.2, 0.25) is 0 Å². The van der Waals surface area contributed by atoms with Crippen molar-refractivity contribution in [1.29, 1.82) is 0 Å². The largest absolute Gasteiger partial charge is 0.493 e. The Morgan fingerprint density at radius 2 is 1.52 bits per heavy atom. The Kier molecular flexibility index (Phi) is 7.29. The van der Waals surface area contributed by atoms with E-state index in [4.69, 9.17) is 18.9 Å². The average molecular weight is 344 g/mol. The molecule has 0 aliphatic heterocycles. The molecule has 2 aromatic carbocycles. The van der Waals surface area contributed by atoms with E-state index in [1.807, 2.05) is 43.3 Å². The van der Waals surface area contributed by atoms with Crippen LogP contribution in [-0.4, -0.2) is 39.0 Å². The summed E-state index contributed by atoms with van der Waals surface area (Å²) in [7, 11) is 0. The fourth-order valence-electron chi connectivity index (χ4n) is 2.28. The molecule has 0 unspecified atom stereocenters. The van der Waals surface area contributed by atoms with E-state index < -0.39 is 5.97 Å². The first kappa shape index (κ1) is 18.8. The predicted octanol–water partition coefficient (Wildman–Crippen LogP) is 3.75. The van der Waals surface area contributed by atoms with Crippen molar-refractivity contribution in [1.82, 2.24) is 0 Å². The second-order valence-corrected chi connectivity index (χ2v) is 5.42. The molecule has 0 amide bonds. The molecule has 0 radical (unpaired) electrons. The van der Waals surface area contributed by atoms with E-state index >= 15 is 0 Å². The van der Waals surface area contributed by atoms with Crippen molar-refractivity contribution in [2.45, 2.75) is 13.8 Å². The van der Waals surface area contributed by atoms with Crippen LogP contribution >= 0.6 is 0 Å². The van der Waals surface area contributed by atoms with Gasteiger partial charge in [-0.05, 0) is 26.0 Å². The third-order valence-corrected chi connectivity index (χ3v) is 3.44. The Morgan fingerprint density at radius 1 is 0.920 bits per heavy atom. The molecule has 5 heteroatoms. The minimum Gasteiger partial charge on any atom is -0.493 e. The lowest BCUT2D eigenvalue weighted by atomic mass is 10.1. The van der Waals surface area contributed by atoms with Crippen LogP contribution in [0, 0.1) is 0 Å². The van der Waals surface area contributed by atoms with Gasteiger partial charge in [0.15, 0.2) is 0 Å². The highest BCUT2D eigenvalue weighted by atomic mass is 16.6. The summed E-state index contributed by atoms with van der Waals surface area (Å²) in [5, 5.41) is 2.03. The topological polar surface area (TPSA) is 54.0 Å². The van der Waals surface area contributed by atoms with Crippen LogP contribution in [-0.2, 0) is 14.3 Å². The summed E-state index contributed by atoms with van der Waals surface area (Å²) < 4.78 is 21.8. The van der Waals surface area contributed by atoms with Crippen molar-refractivity contribution < 1.29 is 23.7 Å². The maximum atomic E-state index is 11.2. The minimum atomic E-state index is -0.402. The van der Waals surface area contributed by atoms with Crippen LogP contribution in [0.5, 0.6) is 11.5 Å². The van der Waals surface area contributed by atoms with Crippen molar-refractivity contribution in [3.8, 4) is 11.5 Å². The van der Waals surface area contributed by atoms with Crippen molar-refractivity contribution in [2.24, 2.45) is 0 Å². The summed E-state index contributed by atoms with van der Waals surface area (Å²) in [6.07, 6.45) is 0. The fraction of sp³-hybridized carbons (Fsp3) is 0.350. The van der Waals surface area contributed by atoms with Gasteiger partial charge in [-0.15, -0.1) is 0 Å². The van der Waals surface area contributed by atoms with E-state index in [9.17, 15) is 4.79 Å². The molecule has 0 aromatic heterocycles. The lowest BCUT2D eigenvalue weighted by Crippen LogP contribution is -2.14. The van der Waals surface area contributed by atoms with Crippen LogP contribution in [0.1, 0.15) is 13.8 Å². The molecule has 0 bridgehead atoms. The van der Waals surface area contributed by atoms with Gasteiger partial charge in [-0.25, -0.2) is 4.79 Å². The van der Waals surface area contributed by atoms with Gasteiger partial charge < -0.3 is 18.9 Å². The van der Waals surface area contributed by atoms with E-state index in [-0.39, 0.29) is 6.61 Å². The molecule has 0 aliphatic rings. The first-order valence-corrected chi connectivity index (χ1v) is 8.31. The monoisotopic (exact) mass is 344 g/mol. The molecule has 0 spiro atoms. The number of ether oxygens (including phenoxy) is 4. The summed E-state index contributed by atoms with van der Waals surface area (Å²) in [6.45, 7) is 9.06. The summed E-state index contributed by atoms with van der Waals surface area (Å²) >= 11 is 0. The lowest BCUT2D eigenvalue weighted by Gasteiger charge is -2.13. The van der Waals surface area contributed by atoms with Gasteiger partial charge in [0, 0.05) is 16.3 Å². The van der Waals surface area contributed by atoms with Gasteiger partial charge in [-0.1, -0.05) is 30.8 Å². The number of benzene rings is 2. The molecule has 2 rings (SSSR count). The highest BCUT2D eigenvalue weighted by molar-refractivity contribution is 5.93. The number of hydrogen-bond donors (Lipinski definition) is 0. The van der Waals surface area contributed by atoms with Crippen LogP contribution < -0.4 is 9.47 Å². The molecule has 0 heterocycles. The number of rotatable bonds is 10. The number of esters is 1. The normalized spacial score (nSPS) is 10.5. The SMILES string of the molecule is C=C(C)C(=O)OCCOCCOc1ccc(OCC)c2ccccc12. The summed E-state index contributed by atoms with van der Waals surface area (Å²) in [6, 6.07) is 11.8. The van der Waals surface area contributed by atoms with Crippen molar-refractivity contribution >= 4 is 16.7 Å². The number of carbonyl (C=O) groups is 1. The molecule has 0 saturated carbocycles. The lowest BCUT2D eigenvalue weighted by molar-refractivity contribution is -0.140. The standard InChI is InChI=1S/C20H24O5/c1-4-23-18-9-10-19(17-8-6-5-7-16(17)18)24-13-11-22-12-14-25-20(21)15(2)3/h5-10H,2,4,11-14H2,1,3H3. The summed E-state index contributed by atoms with van der Waals surface area (Å²) in [5.74, 6) is 1.23. The minimum absolute atomic E-state index is 0.206. The van der Waals surface area contributed by atoms with E-state index in [1.165, 1.54) is 0 Å². The van der Waals surface area contributed by atoms with Crippen LogP contribution in [0.3, 0.4) is 0 Å². The molecule has 0 aliphatic carbocycles. The van der Waals surface area contributed by atoms with Crippen LogP contribution in [0.15, 0.2) is 48.6 Å². The van der Waals surface area contributed by atoms with E-state index in [1.54, 1.807) is 6.92 Å². The summed E-state index contributed by atoms with van der Waals surface area (Å²) in [4.78, 5) is 11.2. The molecule has 25 heavy (non-hydrogen) atoms. The first-order chi connectivity index (χ1) is 12.1. The van der Waals surface area contributed by atoms with Gasteiger partial charge in [0.25, 0.3) is 0 Å². The molecule has 5 nitrogen and oxygen atoms in total. The van der Waals surface area contributed by atoms with E-state index in [0.29, 0.717) is 32.0 Å². The highest BCUT2D eigenvalue weighted by Gasteiger charge is 2.07. The average Bonchev–Trinajstić information content (AvgIpc) is 2.62. The number of hydrogen-bond acceptors (Lipinski definition) is 5. The predicted molar refractivity (Wildman–Crippen MR) is 97.2 cm³/mol. The number of fused-ring (bicyclic) bond motifs is 1. The Morgan fingerprint density at radius 3 is 2.12 bits per heavy atom. The molecule has 0 fully saturated rings. The highest BCUT2D eigenvalue weighted by Crippen LogP contribution is 2.33. The molecule has 0 atom stereocenters. The Bertz CT molecular complexity index is 723. The zero-order valence-electron chi connectivity index (χ0n) is 14.7. The molecular weight excluding hydrogens is 320 g/mol. The fourth-order valence-corrected chi connectivity index (χ4v) is 2.28. The zero-order valence-corrected chi connectivity index (χ0v) is 14.7. The zero-order chi connectivity index (χ0) is 18.1. The second kappa shape index (κ2) is 9.69. The van der Waals surface area contributed by atoms with Gasteiger partial charge in [-0.2, -0.15) is 0 Å². The van der Waals surface area contributed by atoms with Gasteiger partial charge >= 0.3 is 5.97 Å². The Hall–Kier alpha value is -2.53. The van der Waals surface area contributed by atoms with Gasteiger partial charge in [0.05, 0.1) is 19.8 Å². The maximum absolute atomic E-state index is 11.2. The van der Waals surface area contributed by atoms with Gasteiger partial charge in [0.2, 0.25) is 0 Å². The third-order valence-electron chi connectivity index (χ3n) is 3.44. The molecule has 2 aromatic rings. The molecule has 0 saturated heterocycles. The van der Waals surface area contributed by atoms with Gasteiger partial charge in [0.1, 0.15) is 24.7 Å². The van der Waals surface area contributed by atoms with Crippen molar-refractivity contribution in [3.05, 3.63) is 48.6 Å².